The molecule has 2 aromatic rings. The quantitative estimate of drug-likeness (QED) is 0.897. The van der Waals surface area contributed by atoms with Gasteiger partial charge < -0.3 is 9.73 Å². The molecule has 1 N–H and O–H groups in total. The zero-order chi connectivity index (χ0) is 13.2. The summed E-state index contributed by atoms with van der Waals surface area (Å²) in [4.78, 5) is 0. The van der Waals surface area contributed by atoms with E-state index in [4.69, 9.17) is 4.42 Å². The molecule has 2 unspecified atom stereocenters. The number of halogens is 1. The average Bonchev–Trinajstić information content (AvgIpc) is 3.01. The molecule has 0 radical (unpaired) electrons. The van der Waals surface area contributed by atoms with Crippen LogP contribution in [0.2, 0.25) is 0 Å². The van der Waals surface area contributed by atoms with Crippen LogP contribution in [0.5, 0.6) is 0 Å². The first-order valence-electron chi connectivity index (χ1n) is 7.17. The predicted molar refractivity (Wildman–Crippen MR) is 74.8 cm³/mol. The second-order valence-corrected chi connectivity index (χ2v) is 5.44. The van der Waals surface area contributed by atoms with Gasteiger partial charge in [0.05, 0.1) is 0 Å². The zero-order valence-electron chi connectivity index (χ0n) is 11.3. The Hall–Kier alpha value is -1.35. The monoisotopic (exact) mass is 261 g/mol. The highest BCUT2D eigenvalue weighted by molar-refractivity contribution is 5.78. The molecule has 1 aromatic carbocycles. The largest absolute Gasteiger partial charge is 0.461 e. The number of fused-ring (bicyclic) bond motifs is 1. The molecule has 0 aliphatic heterocycles. The lowest BCUT2D eigenvalue weighted by atomic mass is 9.93. The van der Waals surface area contributed by atoms with E-state index in [9.17, 15) is 4.39 Å². The normalized spacial score (nSPS) is 23.3. The molecule has 0 bridgehead atoms. The molecule has 0 amide bonds. The minimum absolute atomic E-state index is 0.199. The van der Waals surface area contributed by atoms with Crippen molar-refractivity contribution < 1.29 is 8.81 Å². The van der Waals surface area contributed by atoms with E-state index in [1.54, 1.807) is 12.1 Å². The van der Waals surface area contributed by atoms with Crippen molar-refractivity contribution in [1.29, 1.82) is 0 Å². The molecule has 1 saturated carbocycles. The first kappa shape index (κ1) is 12.7. The third kappa shape index (κ3) is 2.52. The van der Waals surface area contributed by atoms with E-state index in [1.807, 2.05) is 6.07 Å². The Bertz CT molecular complexity index is 563. The highest BCUT2D eigenvalue weighted by Gasteiger charge is 2.30. The highest BCUT2D eigenvalue weighted by atomic mass is 19.1. The van der Waals surface area contributed by atoms with Gasteiger partial charge >= 0.3 is 0 Å². The van der Waals surface area contributed by atoms with E-state index in [2.05, 4.69) is 12.2 Å². The summed E-state index contributed by atoms with van der Waals surface area (Å²) in [6, 6.07) is 6.76. The Morgan fingerprint density at radius 3 is 3.05 bits per heavy atom. The van der Waals surface area contributed by atoms with E-state index in [-0.39, 0.29) is 5.82 Å². The third-order valence-corrected chi connectivity index (χ3v) is 4.18. The fourth-order valence-electron chi connectivity index (χ4n) is 3.20. The number of furan rings is 1. The molecule has 2 nitrogen and oxygen atoms in total. The second kappa shape index (κ2) is 5.33. The summed E-state index contributed by atoms with van der Waals surface area (Å²) in [5.74, 6) is 1.95. The number of hydrogen-bond donors (Lipinski definition) is 1. The van der Waals surface area contributed by atoms with Crippen LogP contribution in [0.25, 0.3) is 11.0 Å². The lowest BCUT2D eigenvalue weighted by molar-refractivity contribution is 0.394. The molecule has 0 spiro atoms. The van der Waals surface area contributed by atoms with Gasteiger partial charge in [-0.3, -0.25) is 0 Å². The molecule has 19 heavy (non-hydrogen) atoms. The van der Waals surface area contributed by atoms with Gasteiger partial charge in [0.15, 0.2) is 0 Å². The Labute approximate surface area is 113 Å². The van der Waals surface area contributed by atoms with E-state index in [0.717, 1.165) is 29.8 Å². The summed E-state index contributed by atoms with van der Waals surface area (Å²) in [5.41, 5.74) is 0.797. The molecule has 1 aliphatic carbocycles. The SMILES string of the molecule is CCNCC1CCCC1c1cc2cc(F)ccc2o1. The number of rotatable bonds is 4. The average molecular weight is 261 g/mol. The molecule has 102 valence electrons. The van der Waals surface area contributed by atoms with Crippen LogP contribution in [0, 0.1) is 11.7 Å². The van der Waals surface area contributed by atoms with Gasteiger partial charge in [-0.1, -0.05) is 13.3 Å². The van der Waals surface area contributed by atoms with E-state index in [0.29, 0.717) is 11.8 Å². The maximum absolute atomic E-state index is 13.2. The predicted octanol–water partition coefficient (Wildman–Crippen LogP) is 4.07. The van der Waals surface area contributed by atoms with E-state index in [1.165, 1.54) is 25.3 Å². The number of benzene rings is 1. The van der Waals surface area contributed by atoms with Gasteiger partial charge in [0.2, 0.25) is 0 Å². The fraction of sp³-hybridized carbons (Fsp3) is 0.500. The number of nitrogens with one attached hydrogen (secondary N) is 1. The van der Waals surface area contributed by atoms with Crippen molar-refractivity contribution in [3.8, 4) is 0 Å². The second-order valence-electron chi connectivity index (χ2n) is 5.44. The summed E-state index contributed by atoms with van der Waals surface area (Å²) in [6.07, 6.45) is 3.69. The summed E-state index contributed by atoms with van der Waals surface area (Å²) in [5, 5.41) is 4.31. The standard InChI is InChI=1S/C16H20FNO/c1-2-18-10-11-4-3-5-14(11)16-9-12-8-13(17)6-7-15(12)19-16/h6-9,11,14,18H,2-5,10H2,1H3. The van der Waals surface area contributed by atoms with Gasteiger partial charge in [0.25, 0.3) is 0 Å². The van der Waals surface area contributed by atoms with Crippen LogP contribution in [-0.4, -0.2) is 13.1 Å². The van der Waals surface area contributed by atoms with Crippen LogP contribution < -0.4 is 5.32 Å². The van der Waals surface area contributed by atoms with Crippen molar-refractivity contribution in [2.24, 2.45) is 5.92 Å². The molecule has 3 rings (SSSR count). The molecular formula is C16H20FNO. The van der Waals surface area contributed by atoms with Crippen molar-refractivity contribution in [3.63, 3.8) is 0 Å². The summed E-state index contributed by atoms with van der Waals surface area (Å²) >= 11 is 0. The molecule has 1 aliphatic rings. The molecule has 1 aromatic heterocycles. The highest BCUT2D eigenvalue weighted by Crippen LogP contribution is 2.41. The molecule has 3 heteroatoms. The fourth-order valence-corrected chi connectivity index (χ4v) is 3.20. The van der Waals surface area contributed by atoms with Crippen LogP contribution in [0.3, 0.4) is 0 Å². The van der Waals surface area contributed by atoms with Crippen molar-refractivity contribution >= 4 is 11.0 Å². The smallest absolute Gasteiger partial charge is 0.134 e. The van der Waals surface area contributed by atoms with Crippen LogP contribution in [0.4, 0.5) is 4.39 Å². The first-order valence-corrected chi connectivity index (χ1v) is 7.17. The van der Waals surface area contributed by atoms with Gasteiger partial charge in [0.1, 0.15) is 17.2 Å². The summed E-state index contributed by atoms with van der Waals surface area (Å²) < 4.78 is 19.1. The van der Waals surface area contributed by atoms with E-state index >= 15 is 0 Å². The van der Waals surface area contributed by atoms with Gasteiger partial charge in [-0.25, -0.2) is 4.39 Å². The summed E-state index contributed by atoms with van der Waals surface area (Å²) in [7, 11) is 0. The van der Waals surface area contributed by atoms with Crippen LogP contribution in [0.1, 0.15) is 37.9 Å². The topological polar surface area (TPSA) is 25.2 Å². The van der Waals surface area contributed by atoms with Crippen LogP contribution in [-0.2, 0) is 0 Å². The summed E-state index contributed by atoms with van der Waals surface area (Å²) in [6.45, 7) is 4.19. The van der Waals surface area contributed by atoms with Crippen molar-refractivity contribution in [1.82, 2.24) is 5.32 Å². The minimum Gasteiger partial charge on any atom is -0.461 e. The maximum Gasteiger partial charge on any atom is 0.134 e. The molecule has 1 fully saturated rings. The van der Waals surface area contributed by atoms with Crippen molar-refractivity contribution in [3.05, 3.63) is 35.8 Å². The van der Waals surface area contributed by atoms with Gasteiger partial charge in [-0.2, -0.15) is 0 Å². The van der Waals surface area contributed by atoms with Crippen LogP contribution >= 0.6 is 0 Å². The van der Waals surface area contributed by atoms with E-state index < -0.39 is 0 Å². The Morgan fingerprint density at radius 1 is 1.32 bits per heavy atom. The lowest BCUT2D eigenvalue weighted by Crippen LogP contribution is -2.24. The minimum atomic E-state index is -0.199. The Balaban J connectivity index is 1.86. The van der Waals surface area contributed by atoms with Gasteiger partial charge in [-0.05, 0) is 56.1 Å². The van der Waals surface area contributed by atoms with Crippen LogP contribution in [0.15, 0.2) is 28.7 Å². The Kier molecular flexibility index (Phi) is 3.56. The molecular weight excluding hydrogens is 241 g/mol. The van der Waals surface area contributed by atoms with Gasteiger partial charge in [-0.15, -0.1) is 0 Å². The molecule has 2 atom stereocenters. The molecule has 0 saturated heterocycles. The van der Waals surface area contributed by atoms with Gasteiger partial charge in [0, 0.05) is 11.3 Å². The van der Waals surface area contributed by atoms with Crippen molar-refractivity contribution in [2.45, 2.75) is 32.1 Å². The maximum atomic E-state index is 13.2. The zero-order valence-corrected chi connectivity index (χ0v) is 11.3. The number of hydrogen-bond acceptors (Lipinski definition) is 2. The lowest BCUT2D eigenvalue weighted by Gasteiger charge is -2.17. The third-order valence-electron chi connectivity index (χ3n) is 4.18. The molecule has 1 heterocycles. The Morgan fingerprint density at radius 2 is 2.21 bits per heavy atom. The first-order chi connectivity index (χ1) is 9.28. The van der Waals surface area contributed by atoms with Crippen molar-refractivity contribution in [2.75, 3.05) is 13.1 Å².